The van der Waals surface area contributed by atoms with Crippen molar-refractivity contribution in [1.82, 2.24) is 0 Å². The normalized spacial score (nSPS) is 11.5. The minimum absolute atomic E-state index is 0.0650. The number of halogens is 5. The summed E-state index contributed by atoms with van der Waals surface area (Å²) in [6, 6.07) is 10.8. The summed E-state index contributed by atoms with van der Waals surface area (Å²) in [6.45, 7) is -3.05. The smallest absolute Gasteiger partial charge is 0.416 e. The Morgan fingerprint density at radius 2 is 1.73 bits per heavy atom. The molecule has 2 aromatic rings. The Kier molecular flexibility index (Phi) is 4.85. The van der Waals surface area contributed by atoms with Crippen molar-refractivity contribution in [3.05, 3.63) is 59.7 Å². The molecule has 0 amide bonds. The lowest BCUT2D eigenvalue weighted by molar-refractivity contribution is -0.138. The molecule has 0 aromatic heterocycles. The summed E-state index contributed by atoms with van der Waals surface area (Å²) in [7, 11) is 0. The van der Waals surface area contributed by atoms with Crippen molar-refractivity contribution in [1.29, 1.82) is 0 Å². The molecule has 2 aromatic carbocycles. The van der Waals surface area contributed by atoms with Gasteiger partial charge in [0.25, 0.3) is 0 Å². The molecule has 0 saturated carbocycles. The molecule has 7 heteroatoms. The van der Waals surface area contributed by atoms with Crippen LogP contribution in [0.15, 0.2) is 48.5 Å². The van der Waals surface area contributed by atoms with Gasteiger partial charge >= 0.3 is 12.8 Å². The molecule has 0 atom stereocenters. The molecule has 1 N–H and O–H groups in total. The summed E-state index contributed by atoms with van der Waals surface area (Å²) < 4.78 is 67.0. The molecule has 0 saturated heterocycles. The molecule has 0 radical (unpaired) electrons. The summed E-state index contributed by atoms with van der Waals surface area (Å²) in [4.78, 5) is 0. The van der Waals surface area contributed by atoms with Crippen LogP contribution in [-0.4, -0.2) is 6.61 Å². The van der Waals surface area contributed by atoms with Crippen LogP contribution in [-0.2, 0) is 12.7 Å². The predicted molar refractivity (Wildman–Crippen MR) is 71.8 cm³/mol. The first-order chi connectivity index (χ1) is 10.4. The van der Waals surface area contributed by atoms with E-state index in [-0.39, 0.29) is 17.9 Å². The van der Waals surface area contributed by atoms with E-state index in [0.29, 0.717) is 5.69 Å². The minimum atomic E-state index is -4.45. The second-order valence-corrected chi connectivity index (χ2v) is 4.41. The van der Waals surface area contributed by atoms with Gasteiger partial charge in [0.15, 0.2) is 0 Å². The van der Waals surface area contributed by atoms with Crippen molar-refractivity contribution in [2.45, 2.75) is 19.3 Å². The van der Waals surface area contributed by atoms with Crippen LogP contribution in [0.4, 0.5) is 27.6 Å². The van der Waals surface area contributed by atoms with Crippen LogP contribution in [0.3, 0.4) is 0 Å². The molecule has 0 aliphatic carbocycles. The number of rotatable bonds is 5. The topological polar surface area (TPSA) is 21.3 Å². The first-order valence-electron chi connectivity index (χ1n) is 6.30. The fraction of sp³-hybridized carbons (Fsp3) is 0.200. The first kappa shape index (κ1) is 16.1. The van der Waals surface area contributed by atoms with E-state index in [1.807, 2.05) is 0 Å². The van der Waals surface area contributed by atoms with Crippen molar-refractivity contribution in [2.75, 3.05) is 5.32 Å². The third-order valence-corrected chi connectivity index (χ3v) is 2.86. The van der Waals surface area contributed by atoms with Crippen LogP contribution in [0, 0.1) is 0 Å². The fourth-order valence-corrected chi connectivity index (χ4v) is 1.93. The van der Waals surface area contributed by atoms with Gasteiger partial charge in [-0.15, -0.1) is 0 Å². The number of hydrogen-bond acceptors (Lipinski definition) is 2. The van der Waals surface area contributed by atoms with Crippen molar-refractivity contribution >= 4 is 5.69 Å². The van der Waals surface area contributed by atoms with Crippen molar-refractivity contribution < 1.29 is 26.7 Å². The zero-order valence-corrected chi connectivity index (χ0v) is 11.2. The molecule has 0 heterocycles. The minimum Gasteiger partial charge on any atom is -0.435 e. The van der Waals surface area contributed by atoms with Crippen LogP contribution >= 0.6 is 0 Å². The van der Waals surface area contributed by atoms with Crippen LogP contribution in [0.1, 0.15) is 11.1 Å². The van der Waals surface area contributed by atoms with Crippen molar-refractivity contribution in [2.24, 2.45) is 0 Å². The van der Waals surface area contributed by atoms with Crippen LogP contribution < -0.4 is 10.1 Å². The highest BCUT2D eigenvalue weighted by Crippen LogP contribution is 2.32. The third kappa shape index (κ3) is 4.34. The lowest BCUT2D eigenvalue weighted by Gasteiger charge is -2.14. The summed E-state index contributed by atoms with van der Waals surface area (Å²) in [5.74, 6) is -0.0656. The first-order valence-corrected chi connectivity index (χ1v) is 6.30. The zero-order valence-electron chi connectivity index (χ0n) is 11.2. The maximum atomic E-state index is 12.9. The molecule has 2 nitrogen and oxygen atoms in total. The Morgan fingerprint density at radius 1 is 1.00 bits per heavy atom. The van der Waals surface area contributed by atoms with Gasteiger partial charge in [-0.05, 0) is 23.8 Å². The lowest BCUT2D eigenvalue weighted by atomic mass is 10.1. The highest BCUT2D eigenvalue weighted by atomic mass is 19.4. The van der Waals surface area contributed by atoms with Gasteiger partial charge < -0.3 is 10.1 Å². The van der Waals surface area contributed by atoms with Gasteiger partial charge in [0.1, 0.15) is 5.75 Å². The molecule has 0 aliphatic rings. The van der Waals surface area contributed by atoms with Gasteiger partial charge in [-0.1, -0.05) is 24.3 Å². The van der Waals surface area contributed by atoms with Crippen LogP contribution in [0.2, 0.25) is 0 Å². The molecule has 0 spiro atoms. The maximum Gasteiger partial charge on any atom is 0.416 e. The molecule has 0 aliphatic heterocycles. The Balaban J connectivity index is 2.11. The molecule has 22 heavy (non-hydrogen) atoms. The van der Waals surface area contributed by atoms with Gasteiger partial charge in [-0.2, -0.15) is 22.0 Å². The second kappa shape index (κ2) is 6.64. The van der Waals surface area contributed by atoms with Crippen molar-refractivity contribution in [3.8, 4) is 5.75 Å². The van der Waals surface area contributed by atoms with E-state index in [1.165, 1.54) is 36.4 Å². The van der Waals surface area contributed by atoms with E-state index in [1.54, 1.807) is 6.07 Å². The number of anilines is 1. The molecular formula is C15H12F5NO. The number of alkyl halides is 5. The van der Waals surface area contributed by atoms with E-state index in [2.05, 4.69) is 10.1 Å². The number of hydrogen-bond donors (Lipinski definition) is 1. The number of nitrogens with one attached hydrogen (secondary N) is 1. The Hall–Kier alpha value is -2.31. The molecule has 2 rings (SSSR count). The average molecular weight is 317 g/mol. The molecular weight excluding hydrogens is 305 g/mol. The van der Waals surface area contributed by atoms with Crippen LogP contribution in [0.5, 0.6) is 5.75 Å². The van der Waals surface area contributed by atoms with E-state index in [4.69, 9.17) is 0 Å². The highest BCUT2D eigenvalue weighted by molar-refractivity contribution is 5.49. The lowest BCUT2D eigenvalue weighted by Crippen LogP contribution is -2.11. The Labute approximate surface area is 123 Å². The summed E-state index contributed by atoms with van der Waals surface area (Å²) >= 11 is 0. The van der Waals surface area contributed by atoms with Gasteiger partial charge in [0.2, 0.25) is 0 Å². The molecule has 0 unspecified atom stereocenters. The molecule has 0 fully saturated rings. The maximum absolute atomic E-state index is 12.9. The Bertz CT molecular complexity index is 627. The summed E-state index contributed by atoms with van der Waals surface area (Å²) in [5.41, 5.74) is -0.284. The summed E-state index contributed by atoms with van der Waals surface area (Å²) in [5, 5.41) is 2.76. The van der Waals surface area contributed by atoms with Gasteiger partial charge in [0, 0.05) is 18.3 Å². The molecule has 0 bridgehead atoms. The van der Waals surface area contributed by atoms with E-state index >= 15 is 0 Å². The standard InChI is InChI=1S/C15H12F5NO/c16-14(17)22-12-6-3-5-11(8-12)21-9-10-4-1-2-7-13(10)15(18,19)20/h1-8,14,21H,9H2. The quantitative estimate of drug-likeness (QED) is 0.790. The summed E-state index contributed by atoms with van der Waals surface area (Å²) in [6.07, 6.45) is -4.45. The third-order valence-electron chi connectivity index (χ3n) is 2.86. The predicted octanol–water partition coefficient (Wildman–Crippen LogP) is 4.92. The van der Waals surface area contributed by atoms with Gasteiger partial charge in [-0.3, -0.25) is 0 Å². The SMILES string of the molecule is FC(F)Oc1cccc(NCc2ccccc2C(F)(F)F)c1. The van der Waals surface area contributed by atoms with Crippen molar-refractivity contribution in [3.63, 3.8) is 0 Å². The van der Waals surface area contributed by atoms with E-state index in [9.17, 15) is 22.0 Å². The Morgan fingerprint density at radius 3 is 2.41 bits per heavy atom. The zero-order chi connectivity index (χ0) is 16.2. The highest BCUT2D eigenvalue weighted by Gasteiger charge is 2.32. The second-order valence-electron chi connectivity index (χ2n) is 4.41. The average Bonchev–Trinajstić information content (AvgIpc) is 2.44. The number of benzene rings is 2. The van der Waals surface area contributed by atoms with E-state index in [0.717, 1.165) is 6.07 Å². The van der Waals surface area contributed by atoms with Crippen LogP contribution in [0.25, 0.3) is 0 Å². The fourth-order valence-electron chi connectivity index (χ4n) is 1.93. The van der Waals surface area contributed by atoms with Gasteiger partial charge in [0.05, 0.1) is 5.56 Å². The monoisotopic (exact) mass is 317 g/mol. The largest absolute Gasteiger partial charge is 0.435 e. The number of ether oxygens (including phenoxy) is 1. The van der Waals surface area contributed by atoms with Gasteiger partial charge in [-0.25, -0.2) is 0 Å². The van der Waals surface area contributed by atoms with E-state index < -0.39 is 18.4 Å². The molecule has 118 valence electrons.